The first kappa shape index (κ1) is 12.1. The Bertz CT molecular complexity index is 658. The Labute approximate surface area is 102 Å². The van der Waals surface area contributed by atoms with Gasteiger partial charge in [-0.2, -0.15) is 0 Å². The number of hydrogen-bond acceptors (Lipinski definition) is 3. The summed E-state index contributed by atoms with van der Waals surface area (Å²) in [5, 5.41) is 2.65. The number of carbonyl (C=O) groups excluding carboxylic acids is 1. The molecule has 1 heterocycles. The average molecular weight is 250 g/mol. The molecule has 0 unspecified atom stereocenters. The van der Waals surface area contributed by atoms with E-state index in [-0.39, 0.29) is 22.2 Å². The molecule has 2 aromatic rings. The fraction of sp³-hybridized carbons (Fsp3) is 0.167. The number of ether oxygens (including phenoxy) is 1. The van der Waals surface area contributed by atoms with Gasteiger partial charge in [-0.3, -0.25) is 9.48 Å². The largest absolute Gasteiger partial charge is 0.465 e. The minimum Gasteiger partial charge on any atom is -0.465 e. The van der Waals surface area contributed by atoms with Gasteiger partial charge in [0.1, 0.15) is 5.82 Å². The molecule has 6 heteroatoms. The van der Waals surface area contributed by atoms with Crippen LogP contribution in [-0.2, 0) is 11.8 Å². The zero-order chi connectivity index (χ0) is 13.3. The molecule has 0 radical (unpaired) electrons. The van der Waals surface area contributed by atoms with Crippen LogP contribution in [0, 0.1) is 5.82 Å². The first-order valence-electron chi connectivity index (χ1n) is 5.18. The van der Waals surface area contributed by atoms with Crippen molar-refractivity contribution in [1.29, 1.82) is 0 Å². The molecule has 0 bridgehead atoms. The van der Waals surface area contributed by atoms with E-state index < -0.39 is 11.8 Å². The van der Waals surface area contributed by atoms with Crippen molar-refractivity contribution in [3.63, 3.8) is 0 Å². The van der Waals surface area contributed by atoms with Crippen molar-refractivity contribution < 1.29 is 13.9 Å². The highest BCUT2D eigenvalue weighted by atomic mass is 19.1. The number of rotatable bonds is 2. The van der Waals surface area contributed by atoms with Gasteiger partial charge in [0.05, 0.1) is 18.2 Å². The second kappa shape index (κ2) is 4.48. The Hall–Kier alpha value is -2.37. The number of nitrogens with zero attached hydrogens (tertiary/aromatic N) is 1. The molecular formula is C12H11FN2O3. The van der Waals surface area contributed by atoms with E-state index in [1.165, 1.54) is 43.2 Å². The maximum atomic E-state index is 14.1. The summed E-state index contributed by atoms with van der Waals surface area (Å²) in [7, 11) is 2.69. The van der Waals surface area contributed by atoms with Crippen LogP contribution in [0.15, 0.2) is 29.2 Å². The van der Waals surface area contributed by atoms with E-state index in [0.717, 1.165) is 0 Å². The lowest BCUT2D eigenvalue weighted by Crippen LogP contribution is -2.14. The molecule has 1 aromatic carbocycles. The lowest BCUT2D eigenvalue weighted by atomic mass is 10.0. The molecule has 1 N–H and O–H groups in total. The number of H-pyrrole nitrogens is 1. The Morgan fingerprint density at radius 2 is 2.11 bits per heavy atom. The number of nitrogens with one attached hydrogen (secondary N) is 1. The number of aromatic amines is 1. The summed E-state index contributed by atoms with van der Waals surface area (Å²) in [6, 6.07) is 4.24. The average Bonchev–Trinajstić information content (AvgIpc) is 2.70. The van der Waals surface area contributed by atoms with Crippen molar-refractivity contribution in [3.8, 4) is 11.1 Å². The smallest absolute Gasteiger partial charge is 0.340 e. The highest BCUT2D eigenvalue weighted by molar-refractivity contribution is 5.91. The van der Waals surface area contributed by atoms with E-state index in [2.05, 4.69) is 9.84 Å². The van der Waals surface area contributed by atoms with Gasteiger partial charge < -0.3 is 9.84 Å². The summed E-state index contributed by atoms with van der Waals surface area (Å²) in [6.07, 6.45) is 1.39. The first-order valence-corrected chi connectivity index (χ1v) is 5.18. The second-order valence-corrected chi connectivity index (χ2v) is 3.71. The maximum Gasteiger partial charge on any atom is 0.340 e. The van der Waals surface area contributed by atoms with Crippen molar-refractivity contribution in [3.05, 3.63) is 46.1 Å². The summed E-state index contributed by atoms with van der Waals surface area (Å²) in [5.74, 6) is -1.54. The van der Waals surface area contributed by atoms with Crippen LogP contribution in [0.3, 0.4) is 0 Å². The summed E-state index contributed by atoms with van der Waals surface area (Å²) in [6.45, 7) is 0. The normalized spacial score (nSPS) is 10.4. The fourth-order valence-corrected chi connectivity index (χ4v) is 1.66. The third kappa shape index (κ3) is 1.81. The van der Waals surface area contributed by atoms with Gasteiger partial charge in [0.15, 0.2) is 0 Å². The van der Waals surface area contributed by atoms with Gasteiger partial charge in [-0.25, -0.2) is 9.18 Å². The van der Waals surface area contributed by atoms with Crippen LogP contribution in [0.5, 0.6) is 0 Å². The van der Waals surface area contributed by atoms with E-state index >= 15 is 0 Å². The first-order chi connectivity index (χ1) is 8.56. The predicted octanol–water partition coefficient (Wildman–Crippen LogP) is 1.31. The molecule has 0 spiro atoms. The molecule has 2 rings (SSSR count). The van der Waals surface area contributed by atoms with E-state index in [4.69, 9.17) is 0 Å². The molecule has 0 saturated carbocycles. The number of esters is 1. The molecule has 1 aromatic heterocycles. The van der Waals surface area contributed by atoms with Gasteiger partial charge in [-0.15, -0.1) is 0 Å². The van der Waals surface area contributed by atoms with Crippen LogP contribution in [-0.4, -0.2) is 22.9 Å². The Balaban J connectivity index is 2.63. The Morgan fingerprint density at radius 3 is 2.67 bits per heavy atom. The van der Waals surface area contributed by atoms with Crippen LogP contribution in [0.1, 0.15) is 10.4 Å². The van der Waals surface area contributed by atoms with Crippen molar-refractivity contribution in [2.75, 3.05) is 7.11 Å². The monoisotopic (exact) mass is 250 g/mol. The van der Waals surface area contributed by atoms with E-state index in [1.54, 1.807) is 0 Å². The van der Waals surface area contributed by atoms with Crippen LogP contribution >= 0.6 is 0 Å². The lowest BCUT2D eigenvalue weighted by molar-refractivity contribution is 0.0595. The molecule has 0 amide bonds. The summed E-state index contributed by atoms with van der Waals surface area (Å²) >= 11 is 0. The van der Waals surface area contributed by atoms with Crippen molar-refractivity contribution in [2.45, 2.75) is 0 Å². The van der Waals surface area contributed by atoms with Crippen LogP contribution in [0.4, 0.5) is 4.39 Å². The SMILES string of the molecule is COC(=O)c1cccc(-c2c[nH]n(C)c2=O)c1F. The zero-order valence-electron chi connectivity index (χ0n) is 9.86. The maximum absolute atomic E-state index is 14.1. The van der Waals surface area contributed by atoms with Crippen molar-refractivity contribution in [1.82, 2.24) is 9.78 Å². The molecule has 0 atom stereocenters. The van der Waals surface area contributed by atoms with Crippen LogP contribution in [0.2, 0.25) is 0 Å². The van der Waals surface area contributed by atoms with Gasteiger partial charge in [-0.1, -0.05) is 12.1 Å². The molecule has 0 aliphatic heterocycles. The molecule has 0 aliphatic carbocycles. The number of benzene rings is 1. The van der Waals surface area contributed by atoms with Crippen molar-refractivity contribution >= 4 is 5.97 Å². The molecule has 18 heavy (non-hydrogen) atoms. The summed E-state index contributed by atoms with van der Waals surface area (Å²) < 4.78 is 19.8. The third-order valence-electron chi connectivity index (χ3n) is 2.63. The molecule has 0 fully saturated rings. The van der Waals surface area contributed by atoms with Gasteiger partial charge in [0.25, 0.3) is 5.56 Å². The topological polar surface area (TPSA) is 64.1 Å². The molecule has 94 valence electrons. The zero-order valence-corrected chi connectivity index (χ0v) is 9.86. The quantitative estimate of drug-likeness (QED) is 0.817. The van der Waals surface area contributed by atoms with E-state index in [0.29, 0.717) is 0 Å². The van der Waals surface area contributed by atoms with E-state index in [1.807, 2.05) is 0 Å². The third-order valence-corrected chi connectivity index (χ3v) is 2.63. The fourth-order valence-electron chi connectivity index (χ4n) is 1.66. The minimum absolute atomic E-state index is 0.0692. The highest BCUT2D eigenvalue weighted by Crippen LogP contribution is 2.22. The predicted molar refractivity (Wildman–Crippen MR) is 62.8 cm³/mol. The molecule has 5 nitrogen and oxygen atoms in total. The van der Waals surface area contributed by atoms with Gasteiger partial charge in [-0.05, 0) is 6.07 Å². The van der Waals surface area contributed by atoms with Gasteiger partial charge >= 0.3 is 5.97 Å². The number of hydrogen-bond donors (Lipinski definition) is 1. The molecule has 0 saturated heterocycles. The standard InChI is InChI=1S/C12H11FN2O3/c1-15-11(16)9(6-14-15)7-4-3-5-8(10(7)13)12(17)18-2/h3-6,14H,1-2H3. The second-order valence-electron chi connectivity index (χ2n) is 3.71. The molecule has 0 aliphatic rings. The number of aryl methyl sites for hydroxylation is 1. The van der Waals surface area contributed by atoms with Crippen LogP contribution < -0.4 is 5.56 Å². The van der Waals surface area contributed by atoms with Crippen molar-refractivity contribution in [2.24, 2.45) is 7.05 Å². The van der Waals surface area contributed by atoms with Crippen LogP contribution in [0.25, 0.3) is 11.1 Å². The lowest BCUT2D eigenvalue weighted by Gasteiger charge is -2.04. The molecular weight excluding hydrogens is 239 g/mol. The number of methoxy groups -OCH3 is 1. The highest BCUT2D eigenvalue weighted by Gasteiger charge is 2.18. The minimum atomic E-state index is -0.776. The van der Waals surface area contributed by atoms with Gasteiger partial charge in [0, 0.05) is 18.8 Å². The van der Waals surface area contributed by atoms with E-state index in [9.17, 15) is 14.0 Å². The van der Waals surface area contributed by atoms with Gasteiger partial charge in [0.2, 0.25) is 0 Å². The Morgan fingerprint density at radius 1 is 1.39 bits per heavy atom. The number of aromatic nitrogens is 2. The number of halogens is 1. The Kier molecular flexibility index (Phi) is 3.01. The number of carbonyl (C=O) groups is 1. The summed E-state index contributed by atoms with van der Waals surface area (Å²) in [5.41, 5.74) is -0.324. The summed E-state index contributed by atoms with van der Waals surface area (Å²) in [4.78, 5) is 23.1.